The van der Waals surface area contributed by atoms with E-state index < -0.39 is 29.7 Å². The number of hydrogen-bond donors (Lipinski definition) is 2. The van der Waals surface area contributed by atoms with Gasteiger partial charge in [0.05, 0.1) is 18.8 Å². The van der Waals surface area contributed by atoms with Crippen LogP contribution in [0, 0.1) is 11.8 Å². The quantitative estimate of drug-likeness (QED) is 0.103. The van der Waals surface area contributed by atoms with Gasteiger partial charge in [-0.1, -0.05) is 62.6 Å². The van der Waals surface area contributed by atoms with Gasteiger partial charge in [0.2, 0.25) is 0 Å². The molecule has 0 bridgehead atoms. The lowest BCUT2D eigenvalue weighted by Crippen LogP contribution is -2.30. The normalized spacial score (nSPS) is 19.6. The maximum Gasteiger partial charge on any atom is 0.344 e. The van der Waals surface area contributed by atoms with Gasteiger partial charge in [0.15, 0.2) is 6.61 Å². The molecule has 242 valence electrons. The summed E-state index contributed by atoms with van der Waals surface area (Å²) in [4.78, 5) is 36.7. The Morgan fingerprint density at radius 1 is 1.12 bits per heavy atom. The molecule has 0 aromatic heterocycles. The Bertz CT molecular complexity index is 1020. The van der Waals surface area contributed by atoms with Crippen LogP contribution in [-0.2, 0) is 41.6 Å². The number of unbranched alkanes of at least 4 members (excludes halogenated alkanes) is 3. The minimum atomic E-state index is -0.746. The van der Waals surface area contributed by atoms with Gasteiger partial charge >= 0.3 is 11.9 Å². The third-order valence-corrected chi connectivity index (χ3v) is 8.75. The Balaban J connectivity index is 1.65. The summed E-state index contributed by atoms with van der Waals surface area (Å²) in [5, 5.41) is 21.0. The number of aliphatic hydroxyl groups excluding tert-OH is 2. The van der Waals surface area contributed by atoms with E-state index in [0.717, 1.165) is 54.7 Å². The number of carbonyl (C=O) groups is 3. The van der Waals surface area contributed by atoms with Crippen molar-refractivity contribution < 1.29 is 38.8 Å². The van der Waals surface area contributed by atoms with E-state index in [1.54, 1.807) is 31.0 Å². The van der Waals surface area contributed by atoms with E-state index in [2.05, 4.69) is 6.92 Å². The topological polar surface area (TPSA) is 119 Å². The molecular weight excluding hydrogens is 568 g/mol. The minimum absolute atomic E-state index is 0.0455. The second kappa shape index (κ2) is 20.0. The van der Waals surface area contributed by atoms with Gasteiger partial charge in [0.1, 0.15) is 11.4 Å². The third kappa shape index (κ3) is 14.9. The number of rotatable bonds is 21. The molecule has 8 nitrogen and oxygen atoms in total. The van der Waals surface area contributed by atoms with E-state index >= 15 is 0 Å². The number of Topliss-reactive ketones (excluding diaryl/α,β-unsaturated/α-hetero) is 1. The standard InChI is InChI=1S/C34H52O8S/c1-5-6-7-8-17-34(2,3)42-33(39)24-41-32(38)13-10-18-43-19-16-29-28(30(36)22-31(29)37)15-14-27(35)21-25-11-9-12-26(20-25)23-40-4/h9,11-12,14-15,20,27-30,35-36H,5-8,10,13,16-19,21-24H2,1-4H3. The van der Waals surface area contributed by atoms with Gasteiger partial charge in [0, 0.05) is 38.2 Å². The van der Waals surface area contributed by atoms with Crippen LogP contribution in [0.5, 0.6) is 0 Å². The molecule has 1 aromatic carbocycles. The van der Waals surface area contributed by atoms with Crippen molar-refractivity contribution >= 4 is 29.5 Å². The van der Waals surface area contributed by atoms with E-state index in [0.29, 0.717) is 25.9 Å². The first-order chi connectivity index (χ1) is 20.5. The molecule has 1 fully saturated rings. The zero-order valence-electron chi connectivity index (χ0n) is 26.4. The van der Waals surface area contributed by atoms with Crippen LogP contribution in [0.25, 0.3) is 0 Å². The van der Waals surface area contributed by atoms with Crippen LogP contribution in [-0.4, -0.2) is 71.0 Å². The highest BCUT2D eigenvalue weighted by Gasteiger charge is 2.39. The van der Waals surface area contributed by atoms with Crippen LogP contribution < -0.4 is 0 Å². The van der Waals surface area contributed by atoms with E-state index in [1.165, 1.54) is 0 Å². The Hall–Kier alpha value is -2.20. The molecule has 43 heavy (non-hydrogen) atoms. The molecule has 9 heteroatoms. The van der Waals surface area contributed by atoms with Crippen LogP contribution >= 0.6 is 11.8 Å². The molecule has 2 rings (SSSR count). The molecule has 0 radical (unpaired) electrons. The molecule has 0 spiro atoms. The molecule has 2 N–H and O–H groups in total. The Kier molecular flexibility index (Phi) is 17.2. The van der Waals surface area contributed by atoms with Crippen LogP contribution in [0.15, 0.2) is 36.4 Å². The fourth-order valence-electron chi connectivity index (χ4n) is 5.38. The predicted octanol–water partition coefficient (Wildman–Crippen LogP) is 5.60. The first kappa shape index (κ1) is 37.0. The van der Waals surface area contributed by atoms with Crippen LogP contribution in [0.2, 0.25) is 0 Å². The maximum absolute atomic E-state index is 12.6. The van der Waals surface area contributed by atoms with Gasteiger partial charge in [0.25, 0.3) is 0 Å². The first-order valence-corrected chi connectivity index (χ1v) is 16.8. The van der Waals surface area contributed by atoms with Gasteiger partial charge in [-0.15, -0.1) is 0 Å². The van der Waals surface area contributed by atoms with E-state index in [9.17, 15) is 24.6 Å². The molecule has 0 amide bonds. The fraction of sp³-hybridized carbons (Fsp3) is 0.676. The van der Waals surface area contributed by atoms with Crippen molar-refractivity contribution in [1.29, 1.82) is 0 Å². The van der Waals surface area contributed by atoms with E-state index in [4.69, 9.17) is 14.2 Å². The second-order valence-corrected chi connectivity index (χ2v) is 13.3. The van der Waals surface area contributed by atoms with Crippen molar-refractivity contribution in [2.24, 2.45) is 11.8 Å². The summed E-state index contributed by atoms with van der Waals surface area (Å²) in [5.74, 6) is -0.0853. The maximum atomic E-state index is 12.6. The Morgan fingerprint density at radius 2 is 1.88 bits per heavy atom. The summed E-state index contributed by atoms with van der Waals surface area (Å²) in [5.41, 5.74) is 1.45. The van der Waals surface area contributed by atoms with E-state index in [-0.39, 0.29) is 37.1 Å². The largest absolute Gasteiger partial charge is 0.457 e. The first-order valence-electron chi connectivity index (χ1n) is 15.6. The molecule has 1 saturated carbocycles. The zero-order valence-corrected chi connectivity index (χ0v) is 27.2. The molecule has 1 aliphatic carbocycles. The number of ether oxygens (including phenoxy) is 3. The number of methoxy groups -OCH3 is 1. The number of benzene rings is 1. The lowest BCUT2D eigenvalue weighted by Gasteiger charge is -2.25. The van der Waals surface area contributed by atoms with Gasteiger partial charge in [-0.25, -0.2) is 4.79 Å². The average Bonchev–Trinajstić information content (AvgIpc) is 3.22. The van der Waals surface area contributed by atoms with Crippen LogP contribution in [0.3, 0.4) is 0 Å². The van der Waals surface area contributed by atoms with Crippen LogP contribution in [0.4, 0.5) is 0 Å². The number of thioether (sulfide) groups is 1. The number of carbonyl (C=O) groups excluding carboxylic acids is 3. The summed E-state index contributed by atoms with van der Waals surface area (Å²) in [6, 6.07) is 7.86. The highest BCUT2D eigenvalue weighted by Crippen LogP contribution is 2.34. The lowest BCUT2D eigenvalue weighted by molar-refractivity contribution is -0.168. The average molecular weight is 621 g/mol. The van der Waals surface area contributed by atoms with E-state index in [1.807, 2.05) is 38.1 Å². The Morgan fingerprint density at radius 3 is 2.63 bits per heavy atom. The van der Waals surface area contributed by atoms with Gasteiger partial charge < -0.3 is 24.4 Å². The van der Waals surface area contributed by atoms with Crippen molar-refractivity contribution in [3.63, 3.8) is 0 Å². The van der Waals surface area contributed by atoms with Crippen molar-refractivity contribution in [2.45, 2.75) is 109 Å². The predicted molar refractivity (Wildman–Crippen MR) is 170 cm³/mol. The summed E-state index contributed by atoms with van der Waals surface area (Å²) >= 11 is 1.65. The number of hydrogen-bond acceptors (Lipinski definition) is 9. The summed E-state index contributed by atoms with van der Waals surface area (Å²) < 4.78 is 15.7. The Labute approximate surface area is 261 Å². The van der Waals surface area contributed by atoms with Crippen molar-refractivity contribution in [1.82, 2.24) is 0 Å². The summed E-state index contributed by atoms with van der Waals surface area (Å²) in [7, 11) is 1.64. The monoisotopic (exact) mass is 620 g/mol. The highest BCUT2D eigenvalue weighted by molar-refractivity contribution is 7.99. The smallest absolute Gasteiger partial charge is 0.344 e. The van der Waals surface area contributed by atoms with Gasteiger partial charge in [-0.05, 0) is 62.2 Å². The second-order valence-electron chi connectivity index (χ2n) is 12.0. The van der Waals surface area contributed by atoms with Gasteiger partial charge in [-0.3, -0.25) is 9.59 Å². The molecule has 1 aliphatic rings. The van der Waals surface area contributed by atoms with Crippen molar-refractivity contribution in [2.75, 3.05) is 25.2 Å². The SMILES string of the molecule is CCCCCCC(C)(C)OC(=O)COC(=O)CCCSCCC1C(=O)CC(O)C1C=CC(O)Cc1cccc(COC)c1. The summed E-state index contributed by atoms with van der Waals surface area (Å²) in [6.45, 7) is 6.04. The number of aliphatic hydroxyl groups is 2. The minimum Gasteiger partial charge on any atom is -0.457 e. The fourth-order valence-corrected chi connectivity index (χ4v) is 6.35. The van der Waals surface area contributed by atoms with Crippen molar-refractivity contribution in [3.05, 3.63) is 47.5 Å². The van der Waals surface area contributed by atoms with Crippen molar-refractivity contribution in [3.8, 4) is 0 Å². The molecule has 1 aromatic rings. The molecule has 0 saturated heterocycles. The molecule has 0 heterocycles. The van der Waals surface area contributed by atoms with Crippen LogP contribution in [0.1, 0.15) is 89.7 Å². The molecule has 0 aliphatic heterocycles. The molecule has 4 atom stereocenters. The summed E-state index contributed by atoms with van der Waals surface area (Å²) in [6.07, 6.45) is 9.20. The molecule has 4 unspecified atom stereocenters. The molecular formula is C34H52O8S. The third-order valence-electron chi connectivity index (χ3n) is 7.65. The zero-order chi connectivity index (χ0) is 31.7. The number of ketones is 1. The highest BCUT2D eigenvalue weighted by atomic mass is 32.2. The number of esters is 2. The lowest BCUT2D eigenvalue weighted by atomic mass is 9.91. The van der Waals surface area contributed by atoms with Gasteiger partial charge in [-0.2, -0.15) is 11.8 Å².